The molecule has 0 saturated heterocycles. The highest BCUT2D eigenvalue weighted by Gasteiger charge is 2.27. The number of rotatable bonds is 3. The van der Waals surface area contributed by atoms with Crippen molar-refractivity contribution in [3.05, 3.63) is 64.7 Å². The van der Waals surface area contributed by atoms with Gasteiger partial charge in [0.1, 0.15) is 0 Å². The molecule has 0 fully saturated rings. The van der Waals surface area contributed by atoms with Crippen molar-refractivity contribution in [2.75, 3.05) is 4.90 Å². The number of benzene rings is 2. The summed E-state index contributed by atoms with van der Waals surface area (Å²) in [5.74, 6) is -0.962. The van der Waals surface area contributed by atoms with Crippen LogP contribution in [-0.4, -0.2) is 17.0 Å². The number of anilines is 1. The lowest BCUT2D eigenvalue weighted by Crippen LogP contribution is -2.25. The summed E-state index contributed by atoms with van der Waals surface area (Å²) in [6, 6.07) is 12.9. The maximum atomic E-state index is 12.2. The summed E-state index contributed by atoms with van der Waals surface area (Å²) < 4.78 is 0. The van der Waals surface area contributed by atoms with Gasteiger partial charge in [0.05, 0.1) is 18.5 Å². The average Bonchev–Trinajstić information content (AvgIpc) is 2.74. The van der Waals surface area contributed by atoms with E-state index in [4.69, 9.17) is 5.11 Å². The Balaban J connectivity index is 1.92. The second kappa shape index (κ2) is 5.05. The first-order chi connectivity index (χ1) is 10.0. The standard InChI is InChI=1S/C17H15NO3/c1-11-3-2-4-12(7-11)10-18-15-6-5-13(17(20)21)8-14(15)9-16(18)19/h2-8H,9-10H2,1H3,(H,20,21). The van der Waals surface area contributed by atoms with E-state index in [9.17, 15) is 9.59 Å². The summed E-state index contributed by atoms with van der Waals surface area (Å²) in [6.45, 7) is 2.53. The largest absolute Gasteiger partial charge is 0.478 e. The summed E-state index contributed by atoms with van der Waals surface area (Å²) >= 11 is 0. The van der Waals surface area contributed by atoms with Crippen LogP contribution in [0.5, 0.6) is 0 Å². The minimum absolute atomic E-state index is 0.00837. The third-order valence-electron chi connectivity index (χ3n) is 3.68. The van der Waals surface area contributed by atoms with E-state index < -0.39 is 5.97 Å². The molecule has 0 saturated carbocycles. The summed E-state index contributed by atoms with van der Waals surface area (Å²) in [4.78, 5) is 24.9. The van der Waals surface area contributed by atoms with E-state index in [1.807, 2.05) is 25.1 Å². The highest BCUT2D eigenvalue weighted by atomic mass is 16.4. The van der Waals surface area contributed by atoms with Crippen LogP contribution < -0.4 is 4.90 Å². The third kappa shape index (κ3) is 2.52. The van der Waals surface area contributed by atoms with E-state index in [0.717, 1.165) is 22.4 Å². The van der Waals surface area contributed by atoms with Crippen molar-refractivity contribution in [1.82, 2.24) is 0 Å². The Labute approximate surface area is 122 Å². The Kier molecular flexibility index (Phi) is 3.22. The fourth-order valence-electron chi connectivity index (χ4n) is 2.68. The predicted octanol–water partition coefficient (Wildman–Crippen LogP) is 2.78. The number of fused-ring (bicyclic) bond motifs is 1. The zero-order chi connectivity index (χ0) is 15.0. The van der Waals surface area contributed by atoms with Gasteiger partial charge >= 0.3 is 5.97 Å². The van der Waals surface area contributed by atoms with Crippen LogP contribution in [0, 0.1) is 6.92 Å². The molecule has 2 aromatic rings. The molecule has 2 aromatic carbocycles. The number of aromatic carboxylic acids is 1. The van der Waals surface area contributed by atoms with Crippen molar-refractivity contribution in [3.63, 3.8) is 0 Å². The van der Waals surface area contributed by atoms with Crippen LogP contribution >= 0.6 is 0 Å². The van der Waals surface area contributed by atoms with Crippen LogP contribution in [-0.2, 0) is 17.8 Å². The minimum atomic E-state index is -0.970. The second-order valence-electron chi connectivity index (χ2n) is 5.29. The van der Waals surface area contributed by atoms with E-state index in [0.29, 0.717) is 6.54 Å². The Bertz CT molecular complexity index is 737. The van der Waals surface area contributed by atoms with Crippen molar-refractivity contribution in [3.8, 4) is 0 Å². The number of hydrogen-bond donors (Lipinski definition) is 1. The molecule has 1 aliphatic rings. The molecule has 1 N–H and O–H groups in total. The molecule has 3 rings (SSSR count). The molecule has 0 radical (unpaired) electrons. The lowest BCUT2D eigenvalue weighted by atomic mass is 10.1. The Morgan fingerprint density at radius 1 is 1.24 bits per heavy atom. The SMILES string of the molecule is Cc1cccc(CN2C(=O)Cc3cc(C(=O)O)ccc32)c1. The topological polar surface area (TPSA) is 57.6 Å². The summed E-state index contributed by atoms with van der Waals surface area (Å²) in [5, 5.41) is 9.02. The first-order valence-corrected chi connectivity index (χ1v) is 6.77. The molecule has 0 spiro atoms. The van der Waals surface area contributed by atoms with E-state index in [1.165, 1.54) is 0 Å². The van der Waals surface area contributed by atoms with Crippen LogP contribution in [0.2, 0.25) is 0 Å². The monoisotopic (exact) mass is 281 g/mol. The van der Waals surface area contributed by atoms with E-state index in [2.05, 4.69) is 6.07 Å². The Hall–Kier alpha value is -2.62. The molecular formula is C17H15NO3. The summed E-state index contributed by atoms with van der Waals surface area (Å²) in [5.41, 5.74) is 4.04. The molecule has 1 aliphatic heterocycles. The number of aryl methyl sites for hydroxylation is 1. The Morgan fingerprint density at radius 2 is 2.05 bits per heavy atom. The van der Waals surface area contributed by atoms with Crippen LogP contribution in [0.3, 0.4) is 0 Å². The molecule has 106 valence electrons. The molecule has 0 aromatic heterocycles. The average molecular weight is 281 g/mol. The third-order valence-corrected chi connectivity index (χ3v) is 3.68. The molecule has 4 heteroatoms. The van der Waals surface area contributed by atoms with Gasteiger partial charge in [0, 0.05) is 5.69 Å². The van der Waals surface area contributed by atoms with Gasteiger partial charge in [-0.3, -0.25) is 4.79 Å². The number of carboxylic acid groups (broad SMARTS) is 1. The maximum absolute atomic E-state index is 12.2. The lowest BCUT2D eigenvalue weighted by Gasteiger charge is -2.18. The van der Waals surface area contributed by atoms with Gasteiger partial charge in [-0.05, 0) is 36.2 Å². The molecular weight excluding hydrogens is 266 g/mol. The number of amides is 1. The van der Waals surface area contributed by atoms with E-state index in [-0.39, 0.29) is 17.9 Å². The lowest BCUT2D eigenvalue weighted by molar-refractivity contribution is -0.117. The molecule has 0 atom stereocenters. The Morgan fingerprint density at radius 3 is 2.76 bits per heavy atom. The van der Waals surface area contributed by atoms with Crippen molar-refractivity contribution in [1.29, 1.82) is 0 Å². The van der Waals surface area contributed by atoms with E-state index >= 15 is 0 Å². The smallest absolute Gasteiger partial charge is 0.335 e. The summed E-state index contributed by atoms with van der Waals surface area (Å²) in [7, 11) is 0. The van der Waals surface area contributed by atoms with Crippen molar-refractivity contribution in [2.45, 2.75) is 19.9 Å². The maximum Gasteiger partial charge on any atom is 0.335 e. The fourth-order valence-corrected chi connectivity index (χ4v) is 2.68. The predicted molar refractivity (Wildman–Crippen MR) is 79.5 cm³/mol. The molecule has 1 amide bonds. The molecule has 21 heavy (non-hydrogen) atoms. The molecule has 1 heterocycles. The van der Waals surface area contributed by atoms with Gasteiger partial charge in [-0.2, -0.15) is 0 Å². The van der Waals surface area contributed by atoms with Gasteiger partial charge in [-0.1, -0.05) is 29.8 Å². The number of hydrogen-bond acceptors (Lipinski definition) is 2. The van der Waals surface area contributed by atoms with Gasteiger partial charge in [0.15, 0.2) is 0 Å². The van der Waals surface area contributed by atoms with E-state index in [1.54, 1.807) is 23.1 Å². The van der Waals surface area contributed by atoms with Crippen LogP contribution in [0.25, 0.3) is 0 Å². The van der Waals surface area contributed by atoms with Crippen molar-refractivity contribution < 1.29 is 14.7 Å². The number of carboxylic acids is 1. The number of carbonyl (C=O) groups excluding carboxylic acids is 1. The number of carbonyl (C=O) groups is 2. The van der Waals surface area contributed by atoms with Gasteiger partial charge in [-0.15, -0.1) is 0 Å². The molecule has 0 bridgehead atoms. The quantitative estimate of drug-likeness (QED) is 0.941. The van der Waals surface area contributed by atoms with Crippen molar-refractivity contribution in [2.24, 2.45) is 0 Å². The van der Waals surface area contributed by atoms with Crippen LogP contribution in [0.4, 0.5) is 5.69 Å². The molecule has 0 unspecified atom stereocenters. The second-order valence-corrected chi connectivity index (χ2v) is 5.29. The number of nitrogens with zero attached hydrogens (tertiary/aromatic N) is 1. The van der Waals surface area contributed by atoms with Gasteiger partial charge in [0.2, 0.25) is 5.91 Å². The zero-order valence-corrected chi connectivity index (χ0v) is 11.7. The minimum Gasteiger partial charge on any atom is -0.478 e. The molecule has 0 aliphatic carbocycles. The first kappa shape index (κ1) is 13.4. The summed E-state index contributed by atoms with van der Waals surface area (Å²) in [6.07, 6.45) is 0.266. The zero-order valence-electron chi connectivity index (χ0n) is 11.7. The van der Waals surface area contributed by atoms with Crippen LogP contribution in [0.15, 0.2) is 42.5 Å². The van der Waals surface area contributed by atoms with Gasteiger partial charge < -0.3 is 10.0 Å². The van der Waals surface area contributed by atoms with Crippen molar-refractivity contribution >= 4 is 17.6 Å². The fraction of sp³-hybridized carbons (Fsp3) is 0.176. The van der Waals surface area contributed by atoms with Gasteiger partial charge in [0.25, 0.3) is 0 Å². The highest BCUT2D eigenvalue weighted by molar-refractivity contribution is 6.02. The highest BCUT2D eigenvalue weighted by Crippen LogP contribution is 2.31. The first-order valence-electron chi connectivity index (χ1n) is 6.77. The van der Waals surface area contributed by atoms with Gasteiger partial charge in [-0.25, -0.2) is 4.79 Å². The van der Waals surface area contributed by atoms with Crippen LogP contribution in [0.1, 0.15) is 27.0 Å². The molecule has 4 nitrogen and oxygen atoms in total. The normalized spacial score (nSPS) is 13.4.